The summed E-state index contributed by atoms with van der Waals surface area (Å²) in [7, 11) is 0. The first-order chi connectivity index (χ1) is 15.3. The van der Waals surface area contributed by atoms with Crippen molar-refractivity contribution in [1.82, 2.24) is 0 Å². The van der Waals surface area contributed by atoms with E-state index >= 15 is 0 Å². The predicted molar refractivity (Wildman–Crippen MR) is 121 cm³/mol. The van der Waals surface area contributed by atoms with Gasteiger partial charge in [-0.05, 0) is 25.7 Å². The number of hydrogen-bond acceptors (Lipinski definition) is 8. The fourth-order valence-electron chi connectivity index (χ4n) is 3.54. The smallest absolute Gasteiger partial charge is 0.309 e. The minimum Gasteiger partial charge on any atom is -0.463 e. The van der Waals surface area contributed by atoms with E-state index in [-0.39, 0.29) is 18.5 Å². The van der Waals surface area contributed by atoms with Crippen LogP contribution in [0.4, 0.5) is 0 Å². The van der Waals surface area contributed by atoms with Crippen molar-refractivity contribution in [3.63, 3.8) is 0 Å². The number of unbranched alkanes of at least 4 members (excludes halogenated alkanes) is 8. The van der Waals surface area contributed by atoms with Crippen LogP contribution >= 0.6 is 0 Å². The van der Waals surface area contributed by atoms with Gasteiger partial charge in [-0.2, -0.15) is 0 Å². The molecule has 0 heterocycles. The molecular formula is C24H44O8. The molecule has 0 saturated heterocycles. The van der Waals surface area contributed by atoms with Crippen LogP contribution in [0.1, 0.15) is 104 Å². The van der Waals surface area contributed by atoms with Crippen molar-refractivity contribution >= 4 is 17.9 Å². The zero-order valence-corrected chi connectivity index (χ0v) is 20.2. The average Bonchev–Trinajstić information content (AvgIpc) is 2.73. The molecule has 0 unspecified atom stereocenters. The molecule has 0 saturated carbocycles. The number of rotatable bonds is 20. The Balaban J connectivity index is 4.45. The minimum absolute atomic E-state index is 0.194. The molecule has 0 amide bonds. The highest BCUT2D eigenvalue weighted by Crippen LogP contribution is 2.18. The molecule has 0 aromatic carbocycles. The quantitative estimate of drug-likeness (QED) is 0.160. The third-order valence-electron chi connectivity index (χ3n) is 5.21. The van der Waals surface area contributed by atoms with Crippen molar-refractivity contribution in [2.75, 3.05) is 13.2 Å². The molecule has 0 aliphatic carbocycles. The highest BCUT2D eigenvalue weighted by Gasteiger charge is 2.23. The molecule has 0 spiro atoms. The van der Waals surface area contributed by atoms with Gasteiger partial charge in [0.1, 0.15) is 18.3 Å². The van der Waals surface area contributed by atoms with Crippen LogP contribution in [0.15, 0.2) is 0 Å². The second-order valence-electron chi connectivity index (χ2n) is 8.34. The third kappa shape index (κ3) is 18.0. The van der Waals surface area contributed by atoms with Crippen LogP contribution in [-0.4, -0.2) is 59.6 Å². The summed E-state index contributed by atoms with van der Waals surface area (Å²) in [5, 5.41) is 18.1. The van der Waals surface area contributed by atoms with E-state index in [2.05, 4.69) is 6.92 Å². The number of esters is 3. The van der Waals surface area contributed by atoms with Crippen LogP contribution < -0.4 is 0 Å². The van der Waals surface area contributed by atoms with Crippen molar-refractivity contribution in [3.8, 4) is 0 Å². The zero-order chi connectivity index (χ0) is 24.2. The molecule has 0 bridgehead atoms. The molecule has 0 aliphatic rings. The van der Waals surface area contributed by atoms with Gasteiger partial charge in [-0.15, -0.1) is 0 Å². The van der Waals surface area contributed by atoms with Crippen LogP contribution in [0.2, 0.25) is 0 Å². The van der Waals surface area contributed by atoms with Crippen LogP contribution in [0.5, 0.6) is 0 Å². The van der Waals surface area contributed by atoms with E-state index in [4.69, 9.17) is 24.4 Å². The van der Waals surface area contributed by atoms with E-state index in [0.29, 0.717) is 12.8 Å². The number of aliphatic hydroxyl groups excluding tert-OH is 2. The lowest BCUT2D eigenvalue weighted by Crippen LogP contribution is -2.29. The maximum atomic E-state index is 12.0. The molecule has 0 aromatic heterocycles. The van der Waals surface area contributed by atoms with Crippen LogP contribution in [-0.2, 0) is 28.6 Å². The first kappa shape index (κ1) is 30.3. The lowest BCUT2D eigenvalue weighted by Gasteiger charge is -2.22. The van der Waals surface area contributed by atoms with Crippen molar-refractivity contribution in [3.05, 3.63) is 0 Å². The Morgan fingerprint density at radius 1 is 0.625 bits per heavy atom. The van der Waals surface area contributed by atoms with Gasteiger partial charge in [-0.3, -0.25) is 14.4 Å². The molecule has 0 aliphatic heterocycles. The molecule has 0 rings (SSSR count). The third-order valence-corrected chi connectivity index (χ3v) is 5.21. The van der Waals surface area contributed by atoms with Crippen molar-refractivity contribution in [2.45, 2.75) is 123 Å². The summed E-state index contributed by atoms with van der Waals surface area (Å²) < 4.78 is 15.6. The first-order valence-corrected chi connectivity index (χ1v) is 12.1. The Bertz CT molecular complexity index is 504. The summed E-state index contributed by atoms with van der Waals surface area (Å²) in [4.78, 5) is 34.9. The van der Waals surface area contributed by atoms with E-state index in [9.17, 15) is 14.4 Å². The summed E-state index contributed by atoms with van der Waals surface area (Å²) >= 11 is 0. The molecule has 188 valence electrons. The summed E-state index contributed by atoms with van der Waals surface area (Å²) in [6.07, 6.45) is 10.2. The Labute approximate surface area is 193 Å². The van der Waals surface area contributed by atoms with Crippen LogP contribution in [0, 0.1) is 0 Å². The fraction of sp³-hybridized carbons (Fsp3) is 0.875. The predicted octanol–water partition coefficient (Wildman–Crippen LogP) is 3.84. The van der Waals surface area contributed by atoms with Crippen molar-refractivity contribution in [1.29, 1.82) is 0 Å². The zero-order valence-electron chi connectivity index (χ0n) is 20.2. The Hall–Kier alpha value is -1.67. The highest BCUT2D eigenvalue weighted by atomic mass is 16.6. The Morgan fingerprint density at radius 2 is 1.09 bits per heavy atom. The van der Waals surface area contributed by atoms with Gasteiger partial charge in [0.15, 0.2) is 0 Å². The van der Waals surface area contributed by atoms with E-state index in [1.165, 1.54) is 52.4 Å². The van der Waals surface area contributed by atoms with E-state index < -0.39 is 37.4 Å². The summed E-state index contributed by atoms with van der Waals surface area (Å²) in [6, 6.07) is 0. The van der Waals surface area contributed by atoms with Gasteiger partial charge in [0.2, 0.25) is 0 Å². The topological polar surface area (TPSA) is 119 Å². The summed E-state index contributed by atoms with van der Waals surface area (Å²) in [6.45, 7) is 3.85. The average molecular weight is 461 g/mol. The minimum atomic E-state index is -0.999. The number of ether oxygens (including phenoxy) is 3. The SMILES string of the molecule is CCCCCCCCCCC[C@@H](CC[C@H](CC(=O)OC(CO)CO)OC(C)=O)OC(C)=O. The molecule has 0 aromatic rings. The highest BCUT2D eigenvalue weighted by molar-refractivity contribution is 5.71. The number of hydrogen-bond donors (Lipinski definition) is 2. The van der Waals surface area contributed by atoms with Crippen LogP contribution in [0.25, 0.3) is 0 Å². The fourth-order valence-corrected chi connectivity index (χ4v) is 3.54. The lowest BCUT2D eigenvalue weighted by molar-refractivity contribution is -0.161. The van der Waals surface area contributed by atoms with Gasteiger partial charge < -0.3 is 24.4 Å². The maximum absolute atomic E-state index is 12.0. The molecule has 32 heavy (non-hydrogen) atoms. The van der Waals surface area contributed by atoms with Crippen molar-refractivity contribution in [2.24, 2.45) is 0 Å². The lowest BCUT2D eigenvalue weighted by atomic mass is 10.0. The van der Waals surface area contributed by atoms with Gasteiger partial charge >= 0.3 is 17.9 Å². The molecule has 0 radical (unpaired) electrons. The molecule has 2 atom stereocenters. The Morgan fingerprint density at radius 3 is 1.59 bits per heavy atom. The Kier molecular flexibility index (Phi) is 18.9. The normalized spacial score (nSPS) is 12.9. The maximum Gasteiger partial charge on any atom is 0.309 e. The van der Waals surface area contributed by atoms with Gasteiger partial charge in [-0.25, -0.2) is 0 Å². The van der Waals surface area contributed by atoms with Gasteiger partial charge in [0, 0.05) is 13.8 Å². The molecular weight excluding hydrogens is 416 g/mol. The first-order valence-electron chi connectivity index (χ1n) is 12.1. The number of aliphatic hydroxyl groups is 2. The summed E-state index contributed by atoms with van der Waals surface area (Å²) in [5.41, 5.74) is 0. The monoisotopic (exact) mass is 460 g/mol. The van der Waals surface area contributed by atoms with Crippen LogP contribution in [0.3, 0.4) is 0 Å². The van der Waals surface area contributed by atoms with Gasteiger partial charge in [0.25, 0.3) is 0 Å². The summed E-state index contributed by atoms with van der Waals surface area (Å²) in [5.74, 6) is -1.55. The number of carbonyl (C=O) groups is 3. The van der Waals surface area contributed by atoms with E-state index in [0.717, 1.165) is 25.7 Å². The largest absolute Gasteiger partial charge is 0.463 e. The molecule has 8 heteroatoms. The van der Waals surface area contributed by atoms with Gasteiger partial charge in [0.05, 0.1) is 19.6 Å². The molecule has 8 nitrogen and oxygen atoms in total. The number of carbonyl (C=O) groups excluding carboxylic acids is 3. The standard InChI is InChI=1S/C24H44O8/c1-4-5-6-7-8-9-10-11-12-13-21(30-19(2)27)14-15-22(31-20(3)28)16-24(29)32-23(17-25)18-26/h21-23,25-26H,4-18H2,1-3H3/t21-,22+/m0/s1. The van der Waals surface area contributed by atoms with Crippen molar-refractivity contribution < 1.29 is 38.8 Å². The van der Waals surface area contributed by atoms with E-state index in [1.807, 2.05) is 0 Å². The second-order valence-corrected chi connectivity index (χ2v) is 8.34. The second kappa shape index (κ2) is 20.0. The van der Waals surface area contributed by atoms with Gasteiger partial charge in [-0.1, -0.05) is 58.3 Å². The molecule has 2 N–H and O–H groups in total. The molecule has 0 fully saturated rings. The van der Waals surface area contributed by atoms with E-state index in [1.54, 1.807) is 0 Å².